The quantitative estimate of drug-likeness (QED) is 0.552. The summed E-state index contributed by atoms with van der Waals surface area (Å²) in [5.74, 6) is -0.640. The number of nitrogens with zero attached hydrogens (tertiary/aromatic N) is 2. The third-order valence-corrected chi connectivity index (χ3v) is 5.80. The number of alkyl halides is 3. The molecule has 4 aromatic rings. The van der Waals surface area contributed by atoms with Gasteiger partial charge in [-0.3, -0.25) is 9.69 Å². The Morgan fingerprint density at radius 1 is 1.13 bits per heavy atom. The highest BCUT2D eigenvalue weighted by atomic mass is 19.4. The summed E-state index contributed by atoms with van der Waals surface area (Å²) in [6, 6.07) is 6.11. The number of rotatable bonds is 3. The van der Waals surface area contributed by atoms with Gasteiger partial charge in [-0.25, -0.2) is 9.97 Å². The molecule has 0 aromatic carbocycles. The van der Waals surface area contributed by atoms with Crippen LogP contribution in [0.25, 0.3) is 21.9 Å². The number of piperidine rings is 1. The van der Waals surface area contributed by atoms with Crippen LogP contribution in [0.2, 0.25) is 0 Å². The van der Waals surface area contributed by atoms with E-state index >= 15 is 0 Å². The van der Waals surface area contributed by atoms with E-state index < -0.39 is 11.9 Å². The number of likely N-dealkylation sites (tertiary alicyclic amines) is 1. The van der Waals surface area contributed by atoms with E-state index in [0.29, 0.717) is 17.7 Å². The maximum Gasteiger partial charge on any atom is 0.449 e. The van der Waals surface area contributed by atoms with Gasteiger partial charge in [0, 0.05) is 31.4 Å². The van der Waals surface area contributed by atoms with Gasteiger partial charge in [0.15, 0.2) is 5.43 Å². The van der Waals surface area contributed by atoms with Crippen molar-refractivity contribution in [3.63, 3.8) is 0 Å². The minimum atomic E-state index is -4.46. The summed E-state index contributed by atoms with van der Waals surface area (Å²) in [6.07, 6.45) is 2.61. The van der Waals surface area contributed by atoms with E-state index in [4.69, 9.17) is 4.42 Å². The summed E-state index contributed by atoms with van der Waals surface area (Å²) in [5, 5.41) is 1.60. The third-order valence-electron chi connectivity index (χ3n) is 5.80. The predicted molar refractivity (Wildman–Crippen MR) is 104 cm³/mol. The smallest absolute Gasteiger partial charge is 0.449 e. The Kier molecular flexibility index (Phi) is 4.43. The predicted octanol–water partition coefficient (Wildman–Crippen LogP) is 3.75. The van der Waals surface area contributed by atoms with Crippen LogP contribution in [0.5, 0.6) is 0 Å². The normalized spacial score (nSPS) is 16.6. The first kappa shape index (κ1) is 18.9. The molecular weight excluding hydrogens is 397 g/mol. The molecule has 5 rings (SSSR count). The Labute approximate surface area is 168 Å². The zero-order valence-corrected chi connectivity index (χ0v) is 16.0. The highest BCUT2D eigenvalue weighted by Gasteiger charge is 2.35. The Hall–Kier alpha value is -3.07. The van der Waals surface area contributed by atoms with E-state index in [2.05, 4.69) is 19.4 Å². The van der Waals surface area contributed by atoms with Crippen LogP contribution < -0.4 is 10.4 Å². The summed E-state index contributed by atoms with van der Waals surface area (Å²) in [4.78, 5) is 20.7. The first-order valence-electron chi connectivity index (χ1n) is 9.81. The van der Waals surface area contributed by atoms with Gasteiger partial charge in [0.25, 0.3) is 5.65 Å². The van der Waals surface area contributed by atoms with Crippen LogP contribution in [0.3, 0.4) is 0 Å². The van der Waals surface area contributed by atoms with Gasteiger partial charge in [0.2, 0.25) is 5.76 Å². The molecule has 30 heavy (non-hydrogen) atoms. The van der Waals surface area contributed by atoms with Crippen molar-refractivity contribution in [1.82, 2.24) is 14.5 Å². The fourth-order valence-electron chi connectivity index (χ4n) is 4.32. The summed E-state index contributed by atoms with van der Waals surface area (Å²) in [7, 11) is 0. The van der Waals surface area contributed by atoms with Gasteiger partial charge in [-0.15, -0.1) is 0 Å². The molecule has 1 aliphatic heterocycles. The number of fused-ring (bicyclic) bond motifs is 3. The highest BCUT2D eigenvalue weighted by Crippen LogP contribution is 2.32. The standard InChI is InChI=1S/C21H19F3N4O2/c22-21(23,24)18-2-1-14(30-18)12-27-8-4-13(5-9-27)28-10-6-17(29)16-11-26-20-15(19(16)28)3-7-25-20/h1-3,6-7,10-11,13H,4-5,8-9,12H2,(H,25,26)/p+1. The third kappa shape index (κ3) is 3.28. The average Bonchev–Trinajstić information content (AvgIpc) is 3.38. The molecule has 0 amide bonds. The first-order valence-corrected chi connectivity index (χ1v) is 9.81. The van der Waals surface area contributed by atoms with Gasteiger partial charge in [-0.1, -0.05) is 0 Å². The van der Waals surface area contributed by atoms with Crippen molar-refractivity contribution in [2.24, 2.45) is 0 Å². The molecule has 2 N–H and O–H groups in total. The highest BCUT2D eigenvalue weighted by molar-refractivity contribution is 6.00. The average molecular weight is 417 g/mol. The first-order chi connectivity index (χ1) is 14.4. The molecule has 4 aromatic heterocycles. The molecule has 6 nitrogen and oxygen atoms in total. The fourth-order valence-corrected chi connectivity index (χ4v) is 4.32. The molecule has 1 fully saturated rings. The van der Waals surface area contributed by atoms with Gasteiger partial charge < -0.3 is 8.98 Å². The van der Waals surface area contributed by atoms with Crippen LogP contribution in [0.1, 0.15) is 30.4 Å². The van der Waals surface area contributed by atoms with Crippen LogP contribution >= 0.6 is 0 Å². The maximum absolute atomic E-state index is 12.7. The molecule has 0 radical (unpaired) electrons. The molecule has 1 saturated heterocycles. The van der Waals surface area contributed by atoms with Gasteiger partial charge >= 0.3 is 6.18 Å². The number of aromatic amines is 2. The van der Waals surface area contributed by atoms with Crippen molar-refractivity contribution in [3.05, 3.63) is 64.6 Å². The fraction of sp³-hybridized carbons (Fsp3) is 0.333. The Balaban J connectivity index is 1.36. The molecule has 1 aliphatic rings. The molecule has 0 saturated carbocycles. The number of pyridine rings is 2. The molecule has 9 heteroatoms. The van der Waals surface area contributed by atoms with Crippen LogP contribution in [-0.2, 0) is 12.7 Å². The maximum atomic E-state index is 12.7. The summed E-state index contributed by atoms with van der Waals surface area (Å²) in [5.41, 5.74) is 1.73. The van der Waals surface area contributed by atoms with Crippen LogP contribution in [0, 0.1) is 0 Å². The van der Waals surface area contributed by atoms with Gasteiger partial charge in [-0.2, -0.15) is 13.2 Å². The number of nitrogens with one attached hydrogen (secondary N) is 2. The number of halogens is 3. The van der Waals surface area contributed by atoms with E-state index in [1.165, 1.54) is 6.07 Å². The molecule has 0 aliphatic carbocycles. The monoisotopic (exact) mass is 417 g/mol. The lowest BCUT2D eigenvalue weighted by molar-refractivity contribution is -0.345. The Morgan fingerprint density at radius 3 is 2.67 bits per heavy atom. The van der Waals surface area contributed by atoms with Crippen LogP contribution in [0.15, 0.2) is 52.1 Å². The van der Waals surface area contributed by atoms with E-state index in [-0.39, 0.29) is 11.5 Å². The van der Waals surface area contributed by atoms with E-state index in [9.17, 15) is 18.0 Å². The van der Waals surface area contributed by atoms with Crippen molar-refractivity contribution >= 4 is 21.9 Å². The lowest BCUT2D eigenvalue weighted by atomic mass is 10.0. The second kappa shape index (κ2) is 7.02. The molecule has 0 spiro atoms. The largest absolute Gasteiger partial charge is 0.455 e. The Bertz CT molecular complexity index is 1260. The molecule has 5 heterocycles. The van der Waals surface area contributed by atoms with E-state index in [1.54, 1.807) is 12.3 Å². The number of aromatic nitrogens is 3. The van der Waals surface area contributed by atoms with Crippen LogP contribution in [-0.4, -0.2) is 27.5 Å². The van der Waals surface area contributed by atoms with Crippen molar-refractivity contribution in [3.8, 4) is 0 Å². The Morgan fingerprint density at radius 2 is 1.93 bits per heavy atom. The van der Waals surface area contributed by atoms with Crippen molar-refractivity contribution in [1.29, 1.82) is 0 Å². The number of hydrogen-bond acceptors (Lipinski definition) is 3. The second-order valence-corrected chi connectivity index (χ2v) is 7.68. The topological polar surface area (TPSA) is 68.3 Å². The lowest BCUT2D eigenvalue weighted by Gasteiger charge is -2.33. The second-order valence-electron chi connectivity index (χ2n) is 7.68. The molecule has 156 valence electrons. The molecule has 0 atom stereocenters. The summed E-state index contributed by atoms with van der Waals surface area (Å²) >= 11 is 0. The molecule has 0 bridgehead atoms. The van der Waals surface area contributed by atoms with Crippen molar-refractivity contribution in [2.75, 3.05) is 13.1 Å². The van der Waals surface area contributed by atoms with Gasteiger partial charge in [-0.05, 0) is 31.0 Å². The summed E-state index contributed by atoms with van der Waals surface area (Å²) < 4.78 is 45.3. The zero-order chi connectivity index (χ0) is 20.9. The SMILES string of the molecule is O=c1ccn(C2CCN(Cc3ccc(C(F)(F)F)o3)CC2)c2c1c[nH+]c1[nH]ccc12. The zero-order valence-electron chi connectivity index (χ0n) is 16.0. The van der Waals surface area contributed by atoms with Gasteiger partial charge in [0.1, 0.15) is 12.0 Å². The molecule has 0 unspecified atom stereocenters. The van der Waals surface area contributed by atoms with E-state index in [1.807, 2.05) is 18.5 Å². The van der Waals surface area contributed by atoms with Crippen molar-refractivity contribution < 1.29 is 22.6 Å². The number of hydrogen-bond donors (Lipinski definition) is 1. The molecular formula is C21H20F3N4O2+. The minimum absolute atomic E-state index is 0.0312. The summed E-state index contributed by atoms with van der Waals surface area (Å²) in [6.45, 7) is 1.82. The number of furan rings is 1. The minimum Gasteiger partial charge on any atom is -0.455 e. The lowest BCUT2D eigenvalue weighted by Crippen LogP contribution is -2.34. The van der Waals surface area contributed by atoms with E-state index in [0.717, 1.165) is 48.5 Å². The van der Waals surface area contributed by atoms with Gasteiger partial charge in [0.05, 0.1) is 29.0 Å². The van der Waals surface area contributed by atoms with Crippen molar-refractivity contribution in [2.45, 2.75) is 31.6 Å². The van der Waals surface area contributed by atoms with Crippen LogP contribution in [0.4, 0.5) is 13.2 Å². The number of H-pyrrole nitrogens is 2.